The average Bonchev–Trinajstić information content (AvgIpc) is 2.44. The molecule has 2 aromatic rings. The Hall–Kier alpha value is -1.77. The summed E-state index contributed by atoms with van der Waals surface area (Å²) in [6, 6.07) is 6.70. The van der Waals surface area contributed by atoms with E-state index >= 15 is 0 Å². The normalized spacial score (nSPS) is 19.1. The Morgan fingerprint density at radius 1 is 0.905 bits per heavy atom. The number of fused-ring (bicyclic) bond motifs is 1. The zero-order valence-electron chi connectivity index (χ0n) is 13.6. The van der Waals surface area contributed by atoms with Crippen molar-refractivity contribution in [3.05, 3.63) is 41.5 Å². The van der Waals surface area contributed by atoms with Crippen molar-refractivity contribution in [2.24, 2.45) is 0 Å². The first-order valence-corrected chi connectivity index (χ1v) is 7.61. The van der Waals surface area contributed by atoms with Crippen molar-refractivity contribution in [2.45, 2.75) is 58.3 Å². The first-order valence-electron chi connectivity index (χ1n) is 7.61. The van der Waals surface area contributed by atoms with Crippen LogP contribution in [0.5, 0.6) is 0 Å². The fraction of sp³-hybridized carbons (Fsp3) is 0.500. The minimum absolute atomic E-state index is 0.211. The van der Waals surface area contributed by atoms with E-state index in [4.69, 9.17) is 0 Å². The monoisotopic (exact) mass is 281 g/mol. The van der Waals surface area contributed by atoms with Crippen LogP contribution in [0.2, 0.25) is 0 Å². The molecule has 0 unspecified atom stereocenters. The quantitative estimate of drug-likeness (QED) is 0.786. The van der Waals surface area contributed by atoms with Gasteiger partial charge in [-0.15, -0.1) is 0 Å². The molecule has 1 heterocycles. The molecular weight excluding hydrogens is 258 g/mol. The van der Waals surface area contributed by atoms with Gasteiger partial charge in [0.25, 0.3) is 0 Å². The third-order valence-corrected chi connectivity index (χ3v) is 4.80. The topological polar surface area (TPSA) is 38.7 Å². The zero-order chi connectivity index (χ0) is 15.3. The van der Waals surface area contributed by atoms with Gasteiger partial charge in [0.05, 0.1) is 0 Å². The van der Waals surface area contributed by atoms with Gasteiger partial charge in [0.15, 0.2) is 5.82 Å². The maximum absolute atomic E-state index is 4.45. The van der Waals surface area contributed by atoms with E-state index in [1.807, 2.05) is 6.92 Å². The number of rotatable bonds is 1. The molecule has 1 aliphatic rings. The van der Waals surface area contributed by atoms with Gasteiger partial charge in [-0.3, -0.25) is 0 Å². The molecule has 21 heavy (non-hydrogen) atoms. The highest BCUT2D eigenvalue weighted by Crippen LogP contribution is 2.46. The predicted molar refractivity (Wildman–Crippen MR) is 85.3 cm³/mol. The molecule has 1 aliphatic carbocycles. The highest BCUT2D eigenvalue weighted by molar-refractivity contribution is 5.59. The Morgan fingerprint density at radius 2 is 1.57 bits per heavy atom. The molecule has 1 aromatic carbocycles. The van der Waals surface area contributed by atoms with Crippen LogP contribution in [-0.2, 0) is 10.8 Å². The zero-order valence-corrected chi connectivity index (χ0v) is 13.6. The van der Waals surface area contributed by atoms with Crippen molar-refractivity contribution in [3.8, 4) is 11.4 Å². The van der Waals surface area contributed by atoms with Gasteiger partial charge < -0.3 is 0 Å². The summed E-state index contributed by atoms with van der Waals surface area (Å²) >= 11 is 0. The molecule has 0 saturated carbocycles. The molecule has 0 saturated heterocycles. The van der Waals surface area contributed by atoms with E-state index in [2.05, 4.69) is 60.8 Å². The Kier molecular flexibility index (Phi) is 3.12. The van der Waals surface area contributed by atoms with Crippen LogP contribution in [0.15, 0.2) is 24.5 Å². The van der Waals surface area contributed by atoms with Gasteiger partial charge in [0.2, 0.25) is 0 Å². The number of aromatic nitrogens is 3. The van der Waals surface area contributed by atoms with Gasteiger partial charge >= 0.3 is 0 Å². The van der Waals surface area contributed by atoms with Crippen LogP contribution in [0.4, 0.5) is 0 Å². The minimum Gasteiger partial charge on any atom is -0.222 e. The van der Waals surface area contributed by atoms with E-state index in [0.29, 0.717) is 0 Å². The third kappa shape index (κ3) is 2.45. The Balaban J connectivity index is 2.16. The maximum atomic E-state index is 4.45. The number of benzene rings is 1. The van der Waals surface area contributed by atoms with Crippen molar-refractivity contribution in [1.29, 1.82) is 0 Å². The third-order valence-electron chi connectivity index (χ3n) is 4.80. The van der Waals surface area contributed by atoms with Crippen LogP contribution in [0.25, 0.3) is 11.4 Å². The smallest absolute Gasteiger partial charge is 0.162 e. The van der Waals surface area contributed by atoms with Crippen molar-refractivity contribution in [3.63, 3.8) is 0 Å². The van der Waals surface area contributed by atoms with Gasteiger partial charge in [0.1, 0.15) is 12.2 Å². The lowest BCUT2D eigenvalue weighted by Crippen LogP contribution is -2.33. The van der Waals surface area contributed by atoms with E-state index in [-0.39, 0.29) is 10.8 Å². The summed E-state index contributed by atoms with van der Waals surface area (Å²) in [5.41, 5.74) is 4.45. The van der Waals surface area contributed by atoms with Gasteiger partial charge in [-0.1, -0.05) is 39.8 Å². The molecule has 1 aromatic heterocycles. The van der Waals surface area contributed by atoms with Gasteiger partial charge in [0, 0.05) is 5.56 Å². The highest BCUT2D eigenvalue weighted by Gasteiger charge is 2.37. The Labute approximate surface area is 126 Å². The lowest BCUT2D eigenvalue weighted by molar-refractivity contribution is 0.332. The van der Waals surface area contributed by atoms with Crippen LogP contribution in [0.1, 0.15) is 57.5 Å². The lowest BCUT2D eigenvalue weighted by Gasteiger charge is -2.42. The molecule has 0 atom stereocenters. The van der Waals surface area contributed by atoms with Crippen LogP contribution in [0, 0.1) is 6.92 Å². The molecule has 3 rings (SSSR count). The Bertz CT molecular complexity index is 687. The summed E-state index contributed by atoms with van der Waals surface area (Å²) in [5, 5.41) is 0. The molecule has 3 nitrogen and oxygen atoms in total. The van der Waals surface area contributed by atoms with Crippen LogP contribution in [-0.4, -0.2) is 15.0 Å². The number of hydrogen-bond acceptors (Lipinski definition) is 3. The van der Waals surface area contributed by atoms with Crippen molar-refractivity contribution in [2.75, 3.05) is 0 Å². The Morgan fingerprint density at radius 3 is 2.24 bits per heavy atom. The summed E-state index contributed by atoms with van der Waals surface area (Å²) in [5.74, 6) is 1.53. The molecule has 110 valence electrons. The largest absolute Gasteiger partial charge is 0.222 e. The number of aryl methyl sites for hydroxylation is 1. The molecule has 0 N–H and O–H groups in total. The number of nitrogens with zero attached hydrogens (tertiary/aromatic N) is 3. The maximum Gasteiger partial charge on any atom is 0.162 e. The van der Waals surface area contributed by atoms with E-state index in [1.54, 1.807) is 6.33 Å². The SMILES string of the molecule is Cc1ncnc(-c2ccc3c(c2)C(C)(C)CCC3(C)C)n1. The lowest BCUT2D eigenvalue weighted by atomic mass is 9.63. The first kappa shape index (κ1) is 14.2. The van der Waals surface area contributed by atoms with E-state index < -0.39 is 0 Å². The van der Waals surface area contributed by atoms with Crippen LogP contribution < -0.4 is 0 Å². The predicted octanol–water partition coefficient (Wildman–Crippen LogP) is 4.20. The summed E-state index contributed by atoms with van der Waals surface area (Å²) < 4.78 is 0. The van der Waals surface area contributed by atoms with E-state index in [9.17, 15) is 0 Å². The fourth-order valence-electron chi connectivity index (χ4n) is 3.24. The van der Waals surface area contributed by atoms with Crippen LogP contribution in [0.3, 0.4) is 0 Å². The van der Waals surface area contributed by atoms with Crippen molar-refractivity contribution in [1.82, 2.24) is 15.0 Å². The summed E-state index contributed by atoms with van der Waals surface area (Å²) in [6.45, 7) is 11.3. The number of hydrogen-bond donors (Lipinski definition) is 0. The molecule has 0 amide bonds. The van der Waals surface area contributed by atoms with E-state index in [0.717, 1.165) is 17.2 Å². The second-order valence-corrected chi connectivity index (χ2v) is 7.38. The van der Waals surface area contributed by atoms with Crippen molar-refractivity contribution >= 4 is 0 Å². The van der Waals surface area contributed by atoms with Crippen molar-refractivity contribution < 1.29 is 0 Å². The van der Waals surface area contributed by atoms with Gasteiger partial charge in [-0.25, -0.2) is 15.0 Å². The molecule has 0 aliphatic heterocycles. The minimum atomic E-state index is 0.211. The van der Waals surface area contributed by atoms with E-state index in [1.165, 1.54) is 24.0 Å². The van der Waals surface area contributed by atoms with Gasteiger partial charge in [-0.2, -0.15) is 0 Å². The molecule has 0 radical (unpaired) electrons. The molecular formula is C18H23N3. The summed E-state index contributed by atoms with van der Waals surface area (Å²) in [4.78, 5) is 12.9. The fourth-order valence-corrected chi connectivity index (χ4v) is 3.24. The summed E-state index contributed by atoms with van der Waals surface area (Å²) in [6.07, 6.45) is 4.04. The molecule has 3 heteroatoms. The summed E-state index contributed by atoms with van der Waals surface area (Å²) in [7, 11) is 0. The second kappa shape index (κ2) is 4.62. The molecule has 0 bridgehead atoms. The second-order valence-electron chi connectivity index (χ2n) is 7.38. The standard InChI is InChI=1S/C18H23N3/c1-12-19-11-20-16(21-12)13-6-7-14-15(10-13)18(4,5)9-8-17(14,2)3/h6-7,10-11H,8-9H2,1-5H3. The van der Waals surface area contributed by atoms with Gasteiger partial charge in [-0.05, 0) is 47.8 Å². The van der Waals surface area contributed by atoms with Crippen LogP contribution >= 0.6 is 0 Å². The first-order chi connectivity index (χ1) is 9.79. The highest BCUT2D eigenvalue weighted by atomic mass is 15.0. The average molecular weight is 281 g/mol. The molecule has 0 spiro atoms. The molecule has 0 fully saturated rings.